The van der Waals surface area contributed by atoms with Crippen LogP contribution in [0.2, 0.25) is 0 Å². The van der Waals surface area contributed by atoms with Gasteiger partial charge in [0.25, 0.3) is 0 Å². The minimum Gasteiger partial charge on any atom is -0.309 e. The van der Waals surface area contributed by atoms with Gasteiger partial charge in [0.1, 0.15) is 0 Å². The molecule has 0 aromatic carbocycles. The van der Waals surface area contributed by atoms with Crippen LogP contribution in [0.4, 0.5) is 0 Å². The van der Waals surface area contributed by atoms with E-state index in [0.29, 0.717) is 16.4 Å². The fraction of sp³-hybridized carbons (Fsp3) is 1.00. The SMILES string of the molecule is CC12CCC(C1)C(C)(C)C2N1CCNC(C)(C2CC2)C1. The van der Waals surface area contributed by atoms with Crippen molar-refractivity contribution < 1.29 is 0 Å². The summed E-state index contributed by atoms with van der Waals surface area (Å²) < 4.78 is 0. The Bertz CT molecular complexity index is 409. The van der Waals surface area contributed by atoms with Gasteiger partial charge in [-0.2, -0.15) is 0 Å². The summed E-state index contributed by atoms with van der Waals surface area (Å²) in [6.07, 6.45) is 7.33. The van der Waals surface area contributed by atoms with Gasteiger partial charge in [0.2, 0.25) is 0 Å². The van der Waals surface area contributed by atoms with Gasteiger partial charge in [0, 0.05) is 31.2 Å². The van der Waals surface area contributed by atoms with Crippen LogP contribution >= 0.6 is 0 Å². The van der Waals surface area contributed by atoms with Crippen LogP contribution in [0.3, 0.4) is 0 Å². The highest BCUT2D eigenvalue weighted by atomic mass is 15.3. The predicted molar refractivity (Wildman–Crippen MR) is 83.7 cm³/mol. The summed E-state index contributed by atoms with van der Waals surface area (Å²) in [5.74, 6) is 1.92. The van der Waals surface area contributed by atoms with Crippen molar-refractivity contribution in [3.63, 3.8) is 0 Å². The van der Waals surface area contributed by atoms with E-state index >= 15 is 0 Å². The van der Waals surface area contributed by atoms with Crippen LogP contribution in [0.15, 0.2) is 0 Å². The molecule has 2 heteroatoms. The normalized spacial score (nSPS) is 51.6. The fourth-order valence-corrected chi connectivity index (χ4v) is 6.44. The monoisotopic (exact) mass is 276 g/mol. The van der Waals surface area contributed by atoms with E-state index in [0.717, 1.165) is 17.9 Å². The molecule has 20 heavy (non-hydrogen) atoms. The smallest absolute Gasteiger partial charge is 0.0309 e. The highest BCUT2D eigenvalue weighted by Gasteiger charge is 2.62. The van der Waals surface area contributed by atoms with Crippen LogP contribution in [-0.4, -0.2) is 36.1 Å². The molecule has 1 heterocycles. The standard InChI is InChI=1S/C18H32N2/c1-16(2)14-7-8-17(3,11-14)15(16)20-10-9-19-18(4,12-20)13-5-6-13/h13-15,19H,5-12H2,1-4H3. The topological polar surface area (TPSA) is 15.3 Å². The highest BCUT2D eigenvalue weighted by molar-refractivity contribution is 5.15. The molecule has 3 aliphatic carbocycles. The minimum absolute atomic E-state index is 0.395. The Labute approximate surface area is 124 Å². The Morgan fingerprint density at radius 1 is 1.00 bits per heavy atom. The van der Waals surface area contributed by atoms with Crippen molar-refractivity contribution in [2.24, 2.45) is 22.7 Å². The lowest BCUT2D eigenvalue weighted by atomic mass is 9.67. The Morgan fingerprint density at radius 2 is 1.75 bits per heavy atom. The molecular weight excluding hydrogens is 244 g/mol. The van der Waals surface area contributed by atoms with E-state index in [2.05, 4.69) is 37.9 Å². The molecule has 3 saturated carbocycles. The molecule has 114 valence electrons. The lowest BCUT2D eigenvalue weighted by Gasteiger charge is -2.53. The van der Waals surface area contributed by atoms with Crippen molar-refractivity contribution in [3.05, 3.63) is 0 Å². The molecule has 2 nitrogen and oxygen atoms in total. The third kappa shape index (κ3) is 1.76. The number of rotatable bonds is 2. The summed E-state index contributed by atoms with van der Waals surface area (Å²) in [6.45, 7) is 13.9. The maximum Gasteiger partial charge on any atom is 0.0309 e. The zero-order valence-electron chi connectivity index (χ0n) is 13.8. The van der Waals surface area contributed by atoms with E-state index in [-0.39, 0.29) is 0 Å². The number of fused-ring (bicyclic) bond motifs is 2. The van der Waals surface area contributed by atoms with Crippen LogP contribution in [0.5, 0.6) is 0 Å². The number of piperazine rings is 1. The zero-order chi connectivity index (χ0) is 14.2. The van der Waals surface area contributed by atoms with Gasteiger partial charge in [-0.05, 0) is 61.7 Å². The summed E-state index contributed by atoms with van der Waals surface area (Å²) in [7, 11) is 0. The van der Waals surface area contributed by atoms with E-state index in [1.165, 1.54) is 51.7 Å². The lowest BCUT2D eigenvalue weighted by Crippen LogP contribution is -2.65. The van der Waals surface area contributed by atoms with Gasteiger partial charge in [-0.25, -0.2) is 0 Å². The molecule has 4 fully saturated rings. The van der Waals surface area contributed by atoms with Crippen LogP contribution in [0, 0.1) is 22.7 Å². The quantitative estimate of drug-likeness (QED) is 0.832. The third-order valence-corrected chi connectivity index (χ3v) is 7.50. The van der Waals surface area contributed by atoms with Crippen LogP contribution in [0.25, 0.3) is 0 Å². The first-order valence-corrected chi connectivity index (χ1v) is 8.84. The molecule has 4 unspecified atom stereocenters. The van der Waals surface area contributed by atoms with E-state index < -0.39 is 0 Å². The van der Waals surface area contributed by atoms with E-state index in [1.807, 2.05) is 0 Å². The predicted octanol–water partition coefficient (Wildman–Crippen LogP) is 3.28. The summed E-state index contributed by atoms with van der Waals surface area (Å²) in [4.78, 5) is 2.90. The molecule has 0 radical (unpaired) electrons. The second-order valence-corrected chi connectivity index (χ2v) is 9.41. The van der Waals surface area contributed by atoms with Crippen LogP contribution in [0.1, 0.15) is 59.8 Å². The van der Waals surface area contributed by atoms with Gasteiger partial charge in [0.15, 0.2) is 0 Å². The van der Waals surface area contributed by atoms with Crippen LogP contribution in [-0.2, 0) is 0 Å². The molecular formula is C18H32N2. The molecule has 2 bridgehead atoms. The molecule has 4 rings (SSSR count). The summed E-state index contributed by atoms with van der Waals surface area (Å²) in [6, 6.07) is 0.814. The molecule has 0 aromatic heterocycles. The molecule has 1 aliphatic heterocycles. The lowest BCUT2D eigenvalue weighted by molar-refractivity contribution is -0.0280. The molecule has 1 N–H and O–H groups in total. The number of nitrogens with zero attached hydrogens (tertiary/aromatic N) is 1. The zero-order valence-corrected chi connectivity index (χ0v) is 13.8. The summed E-state index contributed by atoms with van der Waals surface area (Å²) in [5.41, 5.74) is 1.51. The van der Waals surface area contributed by atoms with Crippen molar-refractivity contribution in [1.82, 2.24) is 10.2 Å². The molecule has 1 saturated heterocycles. The average molecular weight is 276 g/mol. The molecule has 0 aromatic rings. The molecule has 0 amide bonds. The Kier molecular flexibility index (Phi) is 2.72. The first-order chi connectivity index (χ1) is 9.35. The van der Waals surface area contributed by atoms with Crippen molar-refractivity contribution in [2.45, 2.75) is 71.4 Å². The first-order valence-electron chi connectivity index (χ1n) is 8.84. The Hall–Kier alpha value is -0.0800. The van der Waals surface area contributed by atoms with Gasteiger partial charge in [-0.15, -0.1) is 0 Å². The van der Waals surface area contributed by atoms with Crippen molar-refractivity contribution >= 4 is 0 Å². The van der Waals surface area contributed by atoms with Gasteiger partial charge in [-0.1, -0.05) is 20.8 Å². The fourth-order valence-electron chi connectivity index (χ4n) is 6.44. The van der Waals surface area contributed by atoms with E-state index in [4.69, 9.17) is 0 Å². The average Bonchev–Trinajstić information content (AvgIpc) is 3.10. The Balaban J connectivity index is 1.60. The number of hydrogen-bond donors (Lipinski definition) is 1. The second-order valence-electron chi connectivity index (χ2n) is 9.41. The van der Waals surface area contributed by atoms with Gasteiger partial charge in [-0.3, -0.25) is 4.90 Å². The molecule has 4 aliphatic rings. The minimum atomic E-state index is 0.395. The second kappa shape index (κ2) is 4.01. The van der Waals surface area contributed by atoms with Gasteiger partial charge in [0.05, 0.1) is 0 Å². The largest absolute Gasteiger partial charge is 0.309 e. The van der Waals surface area contributed by atoms with E-state index in [9.17, 15) is 0 Å². The van der Waals surface area contributed by atoms with Crippen LogP contribution < -0.4 is 5.32 Å². The highest BCUT2D eigenvalue weighted by Crippen LogP contribution is 2.64. The molecule has 0 spiro atoms. The maximum atomic E-state index is 3.85. The van der Waals surface area contributed by atoms with E-state index in [1.54, 1.807) is 0 Å². The summed E-state index contributed by atoms with van der Waals surface area (Å²) in [5, 5.41) is 3.85. The van der Waals surface area contributed by atoms with Crippen molar-refractivity contribution in [3.8, 4) is 0 Å². The van der Waals surface area contributed by atoms with Gasteiger partial charge >= 0.3 is 0 Å². The Morgan fingerprint density at radius 3 is 2.35 bits per heavy atom. The molecule has 4 atom stereocenters. The number of hydrogen-bond acceptors (Lipinski definition) is 2. The first kappa shape index (κ1) is 13.6. The maximum absolute atomic E-state index is 3.85. The van der Waals surface area contributed by atoms with Gasteiger partial charge < -0.3 is 5.32 Å². The third-order valence-electron chi connectivity index (χ3n) is 7.50. The number of nitrogens with one attached hydrogen (secondary N) is 1. The van der Waals surface area contributed by atoms with Crippen molar-refractivity contribution in [2.75, 3.05) is 19.6 Å². The van der Waals surface area contributed by atoms with Crippen molar-refractivity contribution in [1.29, 1.82) is 0 Å². The summed E-state index contributed by atoms with van der Waals surface area (Å²) >= 11 is 0.